The molecule has 2 saturated carbocycles. The number of morpholine rings is 1. The Bertz CT molecular complexity index is 299. The topological polar surface area (TPSA) is 38.8 Å². The molecule has 0 N–H and O–H groups in total. The van der Waals surface area contributed by atoms with E-state index in [1.54, 1.807) is 0 Å². The van der Waals surface area contributed by atoms with Crippen LogP contribution < -0.4 is 0 Å². The molecule has 1 heterocycles. The van der Waals surface area contributed by atoms with E-state index in [4.69, 9.17) is 9.47 Å². The van der Waals surface area contributed by atoms with Gasteiger partial charge in [-0.15, -0.1) is 0 Å². The van der Waals surface area contributed by atoms with Crippen LogP contribution in [-0.4, -0.2) is 42.4 Å². The van der Waals surface area contributed by atoms with Gasteiger partial charge in [-0.3, -0.25) is 0 Å². The van der Waals surface area contributed by atoms with Gasteiger partial charge in [0.1, 0.15) is 6.10 Å². The molecule has 18 heavy (non-hydrogen) atoms. The average molecular weight is 253 g/mol. The number of hydrogen-bond donors (Lipinski definition) is 0. The van der Waals surface area contributed by atoms with Crippen LogP contribution in [0.1, 0.15) is 51.4 Å². The fourth-order valence-electron chi connectivity index (χ4n) is 3.54. The molecule has 3 aliphatic rings. The minimum Gasteiger partial charge on any atom is -0.446 e. The number of carbonyl (C=O) groups excluding carboxylic acids is 1. The maximum Gasteiger partial charge on any atom is 0.410 e. The lowest BCUT2D eigenvalue weighted by atomic mass is 9.90. The maximum absolute atomic E-state index is 12.3. The molecule has 4 heteroatoms. The molecule has 0 bridgehead atoms. The van der Waals surface area contributed by atoms with Crippen LogP contribution in [0.25, 0.3) is 0 Å². The highest BCUT2D eigenvalue weighted by Crippen LogP contribution is 2.30. The van der Waals surface area contributed by atoms with Crippen LogP contribution in [-0.2, 0) is 9.47 Å². The monoisotopic (exact) mass is 253 g/mol. The number of rotatable bonds is 1. The van der Waals surface area contributed by atoms with Crippen LogP contribution in [0.15, 0.2) is 0 Å². The summed E-state index contributed by atoms with van der Waals surface area (Å²) in [6, 6.07) is 0.265. The summed E-state index contributed by atoms with van der Waals surface area (Å²) < 4.78 is 11.4. The highest BCUT2D eigenvalue weighted by Gasteiger charge is 2.38. The summed E-state index contributed by atoms with van der Waals surface area (Å²) in [6.45, 7) is 1.37. The van der Waals surface area contributed by atoms with Gasteiger partial charge in [-0.25, -0.2) is 4.79 Å². The number of amides is 1. The predicted octanol–water partition coefficient (Wildman–Crippen LogP) is 2.71. The van der Waals surface area contributed by atoms with E-state index in [2.05, 4.69) is 0 Å². The Morgan fingerprint density at radius 2 is 1.78 bits per heavy atom. The Kier molecular flexibility index (Phi) is 3.73. The van der Waals surface area contributed by atoms with Crippen molar-refractivity contribution in [3.8, 4) is 0 Å². The van der Waals surface area contributed by atoms with Gasteiger partial charge in [0.25, 0.3) is 0 Å². The van der Waals surface area contributed by atoms with E-state index in [9.17, 15) is 4.79 Å². The Hall–Kier alpha value is -0.770. The van der Waals surface area contributed by atoms with E-state index < -0.39 is 0 Å². The molecule has 0 aromatic heterocycles. The van der Waals surface area contributed by atoms with Gasteiger partial charge >= 0.3 is 6.09 Å². The van der Waals surface area contributed by atoms with E-state index >= 15 is 0 Å². The van der Waals surface area contributed by atoms with Crippen molar-refractivity contribution in [3.63, 3.8) is 0 Å². The minimum absolute atomic E-state index is 0.0953. The van der Waals surface area contributed by atoms with E-state index in [0.717, 1.165) is 25.7 Å². The smallest absolute Gasteiger partial charge is 0.410 e. The molecule has 1 saturated heterocycles. The molecule has 0 aromatic rings. The van der Waals surface area contributed by atoms with Crippen LogP contribution >= 0.6 is 0 Å². The summed E-state index contributed by atoms with van der Waals surface area (Å²) in [5.74, 6) is 0. The van der Waals surface area contributed by atoms with Crippen molar-refractivity contribution in [1.82, 2.24) is 4.90 Å². The van der Waals surface area contributed by atoms with Crippen LogP contribution in [0.5, 0.6) is 0 Å². The molecule has 3 fully saturated rings. The number of fused-ring (bicyclic) bond motifs is 1. The molecule has 0 radical (unpaired) electrons. The Morgan fingerprint density at radius 1 is 1.06 bits per heavy atom. The van der Waals surface area contributed by atoms with E-state index in [1.807, 2.05) is 4.90 Å². The zero-order chi connectivity index (χ0) is 12.4. The van der Waals surface area contributed by atoms with Crippen molar-refractivity contribution in [2.75, 3.05) is 13.2 Å². The van der Waals surface area contributed by atoms with Crippen LogP contribution in [0, 0.1) is 0 Å². The second-order valence-corrected chi connectivity index (χ2v) is 5.74. The lowest BCUT2D eigenvalue weighted by Crippen LogP contribution is -2.55. The molecule has 0 aromatic carbocycles. The number of nitrogens with zero attached hydrogens (tertiary/aromatic N) is 1. The molecular weight excluding hydrogens is 230 g/mol. The van der Waals surface area contributed by atoms with Crippen LogP contribution in [0.2, 0.25) is 0 Å². The van der Waals surface area contributed by atoms with Crippen LogP contribution in [0.3, 0.4) is 0 Å². The van der Waals surface area contributed by atoms with E-state index in [0.29, 0.717) is 13.2 Å². The highest BCUT2D eigenvalue weighted by atomic mass is 16.6. The lowest BCUT2D eigenvalue weighted by Gasteiger charge is -2.43. The summed E-state index contributed by atoms with van der Waals surface area (Å²) in [5.41, 5.74) is 0. The first-order valence-electron chi connectivity index (χ1n) is 7.43. The number of hydrogen-bond acceptors (Lipinski definition) is 3. The fraction of sp³-hybridized carbons (Fsp3) is 0.929. The molecule has 2 aliphatic carbocycles. The second-order valence-electron chi connectivity index (χ2n) is 5.74. The molecule has 102 valence electrons. The normalized spacial score (nSPS) is 33.2. The zero-order valence-electron chi connectivity index (χ0n) is 11.0. The van der Waals surface area contributed by atoms with Gasteiger partial charge in [0.15, 0.2) is 0 Å². The molecule has 2 atom stereocenters. The van der Waals surface area contributed by atoms with Gasteiger partial charge in [-0.05, 0) is 38.5 Å². The molecule has 1 aliphatic heterocycles. The number of ether oxygens (including phenoxy) is 2. The largest absolute Gasteiger partial charge is 0.446 e. The average Bonchev–Trinajstić information content (AvgIpc) is 2.91. The highest BCUT2D eigenvalue weighted by molar-refractivity contribution is 5.68. The van der Waals surface area contributed by atoms with Gasteiger partial charge < -0.3 is 14.4 Å². The quantitative estimate of drug-likeness (QED) is 0.721. The van der Waals surface area contributed by atoms with Gasteiger partial charge in [0.2, 0.25) is 0 Å². The van der Waals surface area contributed by atoms with Gasteiger partial charge in [-0.1, -0.05) is 12.8 Å². The van der Waals surface area contributed by atoms with Crippen molar-refractivity contribution in [3.05, 3.63) is 0 Å². The van der Waals surface area contributed by atoms with Gasteiger partial charge in [0, 0.05) is 6.54 Å². The fourth-order valence-corrected chi connectivity index (χ4v) is 3.54. The molecular formula is C14H23NO3. The van der Waals surface area contributed by atoms with Crippen LogP contribution in [0.4, 0.5) is 4.79 Å². The SMILES string of the molecule is O=C(OC1CCCC1)N1CCOC2CCCCC21. The third-order valence-corrected chi connectivity index (χ3v) is 4.54. The predicted molar refractivity (Wildman–Crippen MR) is 67.4 cm³/mol. The molecule has 2 unspecified atom stereocenters. The molecule has 0 spiro atoms. The first-order chi connectivity index (χ1) is 8.84. The summed E-state index contributed by atoms with van der Waals surface area (Å²) in [4.78, 5) is 14.2. The van der Waals surface area contributed by atoms with Gasteiger partial charge in [-0.2, -0.15) is 0 Å². The van der Waals surface area contributed by atoms with Crippen molar-refractivity contribution in [1.29, 1.82) is 0 Å². The van der Waals surface area contributed by atoms with Gasteiger partial charge in [0.05, 0.1) is 18.8 Å². The van der Waals surface area contributed by atoms with Crippen molar-refractivity contribution in [2.24, 2.45) is 0 Å². The lowest BCUT2D eigenvalue weighted by molar-refractivity contribution is -0.0847. The summed E-state index contributed by atoms with van der Waals surface area (Å²) >= 11 is 0. The van der Waals surface area contributed by atoms with E-state index in [1.165, 1.54) is 25.7 Å². The molecule has 3 rings (SSSR count). The number of carbonyl (C=O) groups is 1. The first-order valence-corrected chi connectivity index (χ1v) is 7.43. The summed E-state index contributed by atoms with van der Waals surface area (Å²) in [6.07, 6.45) is 9.43. The molecule has 1 amide bonds. The Balaban J connectivity index is 1.60. The second kappa shape index (κ2) is 5.47. The molecule has 4 nitrogen and oxygen atoms in total. The first kappa shape index (κ1) is 12.3. The Morgan fingerprint density at radius 3 is 2.61 bits per heavy atom. The summed E-state index contributed by atoms with van der Waals surface area (Å²) in [5, 5.41) is 0. The zero-order valence-corrected chi connectivity index (χ0v) is 11.0. The Labute approximate surface area is 109 Å². The third-order valence-electron chi connectivity index (χ3n) is 4.54. The minimum atomic E-state index is -0.0953. The van der Waals surface area contributed by atoms with E-state index in [-0.39, 0.29) is 24.3 Å². The maximum atomic E-state index is 12.3. The van der Waals surface area contributed by atoms with Crippen molar-refractivity contribution >= 4 is 6.09 Å². The third kappa shape index (κ3) is 2.48. The van der Waals surface area contributed by atoms with Crippen molar-refractivity contribution in [2.45, 2.75) is 69.6 Å². The van der Waals surface area contributed by atoms with Crippen molar-refractivity contribution < 1.29 is 14.3 Å². The summed E-state index contributed by atoms with van der Waals surface area (Å²) in [7, 11) is 0. The standard InChI is InChI=1S/C14H23NO3/c16-14(18-11-5-1-2-6-11)15-9-10-17-13-8-4-3-7-12(13)15/h11-13H,1-10H2.